The third-order valence-corrected chi connectivity index (χ3v) is 2.12. The van der Waals surface area contributed by atoms with Crippen LogP contribution in [0.15, 0.2) is 11.0 Å². The quantitative estimate of drug-likeness (QED) is 0.479. The molecule has 0 aromatic carbocycles. The van der Waals surface area contributed by atoms with E-state index in [1.165, 1.54) is 10.2 Å². The monoisotopic (exact) mass is 180 g/mol. The molecule has 0 aromatic heterocycles. The SMILES string of the molecule is C/C=C(/C=O)SBr. The number of carbonyl (C=O) groups is 1. The number of aldehydes is 1. The van der Waals surface area contributed by atoms with Gasteiger partial charge < -0.3 is 0 Å². The Hall–Kier alpha value is 0.240. The number of rotatable bonds is 2. The largest absolute Gasteiger partial charge is 0.297 e. The summed E-state index contributed by atoms with van der Waals surface area (Å²) >= 11 is 3.05. The molecule has 0 rings (SSSR count). The van der Waals surface area contributed by atoms with Gasteiger partial charge in [0.1, 0.15) is 0 Å². The third-order valence-electron chi connectivity index (χ3n) is 0.490. The maximum absolute atomic E-state index is 9.85. The Balaban J connectivity index is 3.60. The van der Waals surface area contributed by atoms with Gasteiger partial charge in [-0.15, -0.1) is 0 Å². The van der Waals surface area contributed by atoms with Gasteiger partial charge in [0.15, 0.2) is 6.29 Å². The van der Waals surface area contributed by atoms with E-state index in [2.05, 4.69) is 14.8 Å². The van der Waals surface area contributed by atoms with Crippen molar-refractivity contribution in [3.05, 3.63) is 11.0 Å². The van der Waals surface area contributed by atoms with Crippen molar-refractivity contribution in [2.24, 2.45) is 0 Å². The molecule has 0 spiro atoms. The van der Waals surface area contributed by atoms with E-state index < -0.39 is 0 Å². The van der Waals surface area contributed by atoms with Gasteiger partial charge in [0.05, 0.1) is 4.91 Å². The van der Waals surface area contributed by atoms with E-state index in [9.17, 15) is 4.79 Å². The number of hydrogen-bond donors (Lipinski definition) is 0. The van der Waals surface area contributed by atoms with E-state index in [0.717, 1.165) is 6.29 Å². The number of carbonyl (C=O) groups excluding carboxylic acids is 1. The normalized spacial score (nSPS) is 11.4. The van der Waals surface area contributed by atoms with Gasteiger partial charge in [0.2, 0.25) is 0 Å². The van der Waals surface area contributed by atoms with Crippen LogP contribution < -0.4 is 0 Å². The maximum Gasteiger partial charge on any atom is 0.156 e. The standard InChI is InChI=1S/C4H5BrOS/c1-2-4(3-6)7-5/h2-3H,1H3/b4-2-. The van der Waals surface area contributed by atoms with Crippen molar-refractivity contribution in [1.29, 1.82) is 0 Å². The molecule has 0 N–H and O–H groups in total. The highest BCUT2D eigenvalue weighted by Crippen LogP contribution is 2.19. The van der Waals surface area contributed by atoms with Gasteiger partial charge in [-0.2, -0.15) is 0 Å². The minimum atomic E-state index is 0.708. The lowest BCUT2D eigenvalue weighted by Gasteiger charge is -1.81. The van der Waals surface area contributed by atoms with Crippen molar-refractivity contribution >= 4 is 31.3 Å². The lowest BCUT2D eigenvalue weighted by atomic mass is 10.6. The van der Waals surface area contributed by atoms with E-state index >= 15 is 0 Å². The van der Waals surface area contributed by atoms with Crippen LogP contribution in [0.1, 0.15) is 6.92 Å². The van der Waals surface area contributed by atoms with Crippen LogP contribution >= 0.6 is 25.0 Å². The highest BCUT2D eigenvalue weighted by molar-refractivity contribution is 9.50. The molecule has 40 valence electrons. The van der Waals surface area contributed by atoms with Crippen molar-refractivity contribution in [3.63, 3.8) is 0 Å². The molecule has 0 aliphatic carbocycles. The van der Waals surface area contributed by atoms with Crippen LogP contribution in [-0.4, -0.2) is 6.29 Å². The first kappa shape index (κ1) is 7.24. The molecule has 0 saturated carbocycles. The fraction of sp³-hybridized carbons (Fsp3) is 0.250. The predicted octanol–water partition coefficient (Wildman–Crippen LogP) is 2.13. The third kappa shape index (κ3) is 2.88. The van der Waals surface area contributed by atoms with Crippen molar-refractivity contribution < 1.29 is 4.79 Å². The van der Waals surface area contributed by atoms with E-state index in [4.69, 9.17) is 0 Å². The molecule has 0 radical (unpaired) electrons. The zero-order valence-electron chi connectivity index (χ0n) is 3.85. The Kier molecular flexibility index (Phi) is 4.55. The van der Waals surface area contributed by atoms with Gasteiger partial charge in [0.25, 0.3) is 0 Å². The van der Waals surface area contributed by atoms with Crippen LogP contribution in [0.4, 0.5) is 0 Å². The van der Waals surface area contributed by atoms with E-state index in [1.54, 1.807) is 6.08 Å². The Bertz CT molecular complexity index is 89.7. The molecule has 0 atom stereocenters. The molecule has 0 amide bonds. The zero-order chi connectivity index (χ0) is 5.70. The topological polar surface area (TPSA) is 17.1 Å². The minimum Gasteiger partial charge on any atom is -0.297 e. The van der Waals surface area contributed by atoms with Gasteiger partial charge >= 0.3 is 0 Å². The first-order chi connectivity index (χ1) is 3.35. The molecular formula is C4H5BrOS. The minimum absolute atomic E-state index is 0.708. The average molecular weight is 181 g/mol. The highest BCUT2D eigenvalue weighted by Gasteiger charge is 1.85. The maximum atomic E-state index is 9.85. The second-order valence-electron chi connectivity index (χ2n) is 0.886. The number of hydrogen-bond acceptors (Lipinski definition) is 2. The smallest absolute Gasteiger partial charge is 0.156 e. The molecular weight excluding hydrogens is 176 g/mol. The zero-order valence-corrected chi connectivity index (χ0v) is 6.25. The number of halogens is 1. The molecule has 0 aliphatic rings. The second-order valence-corrected chi connectivity index (χ2v) is 2.48. The Morgan fingerprint density at radius 1 is 1.86 bits per heavy atom. The molecule has 0 fully saturated rings. The lowest BCUT2D eigenvalue weighted by molar-refractivity contribution is -0.104. The van der Waals surface area contributed by atoms with Gasteiger partial charge in [-0.3, -0.25) is 4.79 Å². The molecule has 7 heavy (non-hydrogen) atoms. The summed E-state index contributed by atoms with van der Waals surface area (Å²) in [6.07, 6.45) is 2.55. The van der Waals surface area contributed by atoms with Gasteiger partial charge in [-0.05, 0) is 31.9 Å². The summed E-state index contributed by atoms with van der Waals surface area (Å²) in [5, 5.41) is 0. The summed E-state index contributed by atoms with van der Waals surface area (Å²) in [6, 6.07) is 0. The summed E-state index contributed by atoms with van der Waals surface area (Å²) in [5.41, 5.74) is 0. The molecule has 3 heteroatoms. The summed E-state index contributed by atoms with van der Waals surface area (Å²) in [4.78, 5) is 10.6. The predicted molar refractivity (Wildman–Crippen MR) is 36.3 cm³/mol. The summed E-state index contributed by atoms with van der Waals surface area (Å²) in [6.45, 7) is 1.82. The summed E-state index contributed by atoms with van der Waals surface area (Å²) in [5.74, 6) is 0. The van der Waals surface area contributed by atoms with Crippen LogP contribution in [0, 0.1) is 0 Å². The van der Waals surface area contributed by atoms with Crippen LogP contribution in [0.25, 0.3) is 0 Å². The average Bonchev–Trinajstić information content (AvgIpc) is 1.72. The Morgan fingerprint density at radius 3 is 2.43 bits per heavy atom. The molecule has 0 heterocycles. The van der Waals surface area contributed by atoms with Crippen molar-refractivity contribution in [2.45, 2.75) is 6.92 Å². The van der Waals surface area contributed by atoms with Gasteiger partial charge in [0, 0.05) is 0 Å². The molecule has 0 aromatic rings. The van der Waals surface area contributed by atoms with E-state index in [0.29, 0.717) is 4.91 Å². The van der Waals surface area contributed by atoms with E-state index in [1.807, 2.05) is 6.92 Å². The van der Waals surface area contributed by atoms with Gasteiger partial charge in [-0.1, -0.05) is 6.08 Å². The van der Waals surface area contributed by atoms with E-state index in [-0.39, 0.29) is 0 Å². The molecule has 1 nitrogen and oxygen atoms in total. The molecule has 0 aliphatic heterocycles. The van der Waals surface area contributed by atoms with Crippen LogP contribution in [0.5, 0.6) is 0 Å². The highest BCUT2D eigenvalue weighted by atomic mass is 79.9. The van der Waals surface area contributed by atoms with Crippen LogP contribution in [-0.2, 0) is 4.79 Å². The summed E-state index contributed by atoms with van der Waals surface area (Å²) < 4.78 is 0. The molecule has 0 bridgehead atoms. The van der Waals surface area contributed by atoms with Crippen molar-refractivity contribution in [3.8, 4) is 0 Å². The van der Waals surface area contributed by atoms with Gasteiger partial charge in [-0.25, -0.2) is 0 Å². The second kappa shape index (κ2) is 4.40. The summed E-state index contributed by atoms with van der Waals surface area (Å²) in [7, 11) is 1.28. The Labute approximate surface area is 54.4 Å². The number of allylic oxidation sites excluding steroid dienone is 2. The Morgan fingerprint density at radius 2 is 2.43 bits per heavy atom. The van der Waals surface area contributed by atoms with Crippen molar-refractivity contribution in [2.75, 3.05) is 0 Å². The van der Waals surface area contributed by atoms with Crippen molar-refractivity contribution in [1.82, 2.24) is 0 Å². The fourth-order valence-corrected chi connectivity index (χ4v) is 1.05. The molecule has 0 unspecified atom stereocenters. The molecule has 0 saturated heterocycles. The first-order valence-electron chi connectivity index (χ1n) is 1.75. The fourth-order valence-electron chi connectivity index (χ4n) is 0.131. The first-order valence-corrected chi connectivity index (χ1v) is 4.41. The van der Waals surface area contributed by atoms with Crippen LogP contribution in [0.2, 0.25) is 0 Å². The lowest BCUT2D eigenvalue weighted by Crippen LogP contribution is -1.68. The van der Waals surface area contributed by atoms with Crippen LogP contribution in [0.3, 0.4) is 0 Å².